The van der Waals surface area contributed by atoms with Crippen molar-refractivity contribution in [3.63, 3.8) is 0 Å². The van der Waals surface area contributed by atoms with Gasteiger partial charge in [-0.3, -0.25) is 15.2 Å². The molecular formula is C21H28N4O. The predicted octanol–water partition coefficient (Wildman–Crippen LogP) is 3.19. The smallest absolute Gasteiger partial charge is 0.225 e. The maximum Gasteiger partial charge on any atom is 0.225 e. The van der Waals surface area contributed by atoms with Gasteiger partial charge in [0.1, 0.15) is 0 Å². The fourth-order valence-electron chi connectivity index (χ4n) is 4.96. The van der Waals surface area contributed by atoms with Crippen molar-refractivity contribution in [2.24, 2.45) is 10.9 Å². The van der Waals surface area contributed by atoms with Crippen LogP contribution in [0.2, 0.25) is 0 Å². The van der Waals surface area contributed by atoms with Gasteiger partial charge in [-0.15, -0.1) is 0 Å². The number of fused-ring (bicyclic) bond motifs is 3. The van der Waals surface area contributed by atoms with E-state index in [9.17, 15) is 4.79 Å². The first-order valence-electron chi connectivity index (χ1n) is 9.86. The lowest BCUT2D eigenvalue weighted by molar-refractivity contribution is -0.138. The Morgan fingerprint density at radius 1 is 1.15 bits per heavy atom. The number of nitrogens with one attached hydrogen (secondary N) is 1. The molecule has 26 heavy (non-hydrogen) atoms. The Balaban J connectivity index is 1.71. The molecular weight excluding hydrogens is 324 g/mol. The maximum absolute atomic E-state index is 13.2. The summed E-state index contributed by atoms with van der Waals surface area (Å²) in [7, 11) is 0. The average molecular weight is 352 g/mol. The van der Waals surface area contributed by atoms with E-state index in [1.807, 2.05) is 11.0 Å². The highest BCUT2D eigenvalue weighted by atomic mass is 16.2. The number of carbonyl (C=O) groups excluding carboxylic acids is 1. The van der Waals surface area contributed by atoms with Crippen molar-refractivity contribution in [3.8, 4) is 0 Å². The molecule has 1 saturated carbocycles. The Morgan fingerprint density at radius 3 is 2.69 bits per heavy atom. The van der Waals surface area contributed by atoms with Gasteiger partial charge in [0, 0.05) is 31.0 Å². The second kappa shape index (κ2) is 6.86. The van der Waals surface area contributed by atoms with Crippen molar-refractivity contribution in [2.75, 3.05) is 19.6 Å². The first-order chi connectivity index (χ1) is 12.7. The van der Waals surface area contributed by atoms with Crippen LogP contribution >= 0.6 is 0 Å². The molecule has 2 fully saturated rings. The molecule has 4 rings (SSSR count). The largest absolute Gasteiger partial charge is 0.337 e. The van der Waals surface area contributed by atoms with Gasteiger partial charge in [0.25, 0.3) is 0 Å². The molecule has 1 aromatic carbocycles. The van der Waals surface area contributed by atoms with Crippen LogP contribution in [-0.4, -0.2) is 47.9 Å². The van der Waals surface area contributed by atoms with Crippen LogP contribution in [0.25, 0.3) is 0 Å². The first-order valence-corrected chi connectivity index (χ1v) is 9.86. The van der Waals surface area contributed by atoms with Crippen molar-refractivity contribution in [1.82, 2.24) is 9.80 Å². The Morgan fingerprint density at radius 2 is 1.92 bits per heavy atom. The summed E-state index contributed by atoms with van der Waals surface area (Å²) < 4.78 is 0. The molecule has 5 heteroatoms. The molecule has 1 aliphatic carbocycles. The van der Waals surface area contributed by atoms with Crippen molar-refractivity contribution >= 4 is 18.5 Å². The lowest BCUT2D eigenvalue weighted by atomic mass is 9.85. The van der Waals surface area contributed by atoms with E-state index in [0.29, 0.717) is 25.3 Å². The number of nitrogens with zero attached hydrogens (tertiary/aromatic N) is 3. The zero-order valence-electron chi connectivity index (χ0n) is 15.4. The van der Waals surface area contributed by atoms with E-state index in [0.717, 1.165) is 44.2 Å². The van der Waals surface area contributed by atoms with E-state index < -0.39 is 5.66 Å². The second-order valence-corrected chi connectivity index (χ2v) is 7.82. The Hall–Kier alpha value is -2.17. The van der Waals surface area contributed by atoms with Crippen LogP contribution < -0.4 is 0 Å². The highest BCUT2D eigenvalue weighted by Crippen LogP contribution is 2.40. The van der Waals surface area contributed by atoms with E-state index in [1.54, 1.807) is 0 Å². The van der Waals surface area contributed by atoms with Crippen LogP contribution in [0.4, 0.5) is 0 Å². The molecule has 1 atom stereocenters. The molecule has 0 aromatic heterocycles. The summed E-state index contributed by atoms with van der Waals surface area (Å²) in [6.45, 7) is 5.80. The summed E-state index contributed by atoms with van der Waals surface area (Å²) in [5, 5.41) is 8.60. The molecule has 1 saturated heterocycles. The van der Waals surface area contributed by atoms with E-state index in [4.69, 9.17) is 5.41 Å². The summed E-state index contributed by atoms with van der Waals surface area (Å²) in [5.41, 5.74) is 1.65. The topological polar surface area (TPSA) is 59.8 Å². The van der Waals surface area contributed by atoms with Gasteiger partial charge in [0.05, 0.1) is 12.4 Å². The van der Waals surface area contributed by atoms with Gasteiger partial charge in [-0.25, -0.2) is 0 Å². The maximum atomic E-state index is 13.2. The highest BCUT2D eigenvalue weighted by Gasteiger charge is 2.47. The lowest BCUT2D eigenvalue weighted by Gasteiger charge is -2.46. The first kappa shape index (κ1) is 17.3. The summed E-state index contributed by atoms with van der Waals surface area (Å²) in [5.74, 6) is 0.974. The monoisotopic (exact) mass is 352 g/mol. The van der Waals surface area contributed by atoms with Gasteiger partial charge in [-0.1, -0.05) is 43.5 Å². The Labute approximate surface area is 155 Å². The van der Waals surface area contributed by atoms with Gasteiger partial charge in [0.2, 0.25) is 5.91 Å². The standard InChI is InChI=1S/C21H28N4O/c1-23-21-15-24(20(26)17-8-3-2-4-9-17)13-12-19(22)25(21)14-11-16-7-5-6-10-18(16)21/h5-7,10,17,22H,1-4,8-9,11-15H2/t21-/m0/s1. The summed E-state index contributed by atoms with van der Waals surface area (Å²) in [6.07, 6.45) is 7.06. The van der Waals surface area contributed by atoms with Crippen molar-refractivity contribution in [1.29, 1.82) is 5.41 Å². The van der Waals surface area contributed by atoms with E-state index >= 15 is 0 Å². The minimum atomic E-state index is -0.716. The molecule has 2 heterocycles. The molecule has 1 amide bonds. The molecule has 1 aromatic rings. The number of carbonyl (C=O) groups is 1. The van der Waals surface area contributed by atoms with Crippen LogP contribution in [0, 0.1) is 11.3 Å². The Kier molecular flexibility index (Phi) is 4.55. The SMILES string of the molecule is C=N[C@@]12CN(C(=O)C3CCCCC3)CCC(=N)N1CCc1ccccc12. The fourth-order valence-corrected chi connectivity index (χ4v) is 4.96. The second-order valence-electron chi connectivity index (χ2n) is 7.82. The molecule has 5 nitrogen and oxygen atoms in total. The molecule has 138 valence electrons. The number of amides is 1. The molecule has 0 radical (unpaired) electrons. The van der Waals surface area contributed by atoms with Crippen LogP contribution in [0.5, 0.6) is 0 Å². The number of aliphatic imine (C=N–C) groups is 1. The Bertz CT molecular complexity index is 724. The number of amidine groups is 1. The third-order valence-corrected chi connectivity index (χ3v) is 6.38. The minimum Gasteiger partial charge on any atom is -0.337 e. The third-order valence-electron chi connectivity index (χ3n) is 6.38. The zero-order chi connectivity index (χ0) is 18.1. The van der Waals surface area contributed by atoms with Crippen LogP contribution in [0.3, 0.4) is 0 Å². The van der Waals surface area contributed by atoms with Crippen LogP contribution in [-0.2, 0) is 16.9 Å². The van der Waals surface area contributed by atoms with Crippen molar-refractivity contribution in [3.05, 3.63) is 35.4 Å². The molecule has 0 unspecified atom stereocenters. The summed E-state index contributed by atoms with van der Waals surface area (Å²) in [4.78, 5) is 21.9. The van der Waals surface area contributed by atoms with Crippen molar-refractivity contribution < 1.29 is 4.79 Å². The number of benzene rings is 1. The van der Waals surface area contributed by atoms with Gasteiger partial charge in [0.15, 0.2) is 5.66 Å². The summed E-state index contributed by atoms with van der Waals surface area (Å²) >= 11 is 0. The van der Waals surface area contributed by atoms with Crippen molar-refractivity contribution in [2.45, 2.75) is 50.6 Å². The van der Waals surface area contributed by atoms with E-state index in [2.05, 4.69) is 34.8 Å². The minimum absolute atomic E-state index is 0.144. The molecule has 3 aliphatic rings. The van der Waals surface area contributed by atoms with Crippen LogP contribution in [0.15, 0.2) is 29.3 Å². The van der Waals surface area contributed by atoms with Gasteiger partial charge in [-0.2, -0.15) is 0 Å². The van der Waals surface area contributed by atoms with E-state index in [1.165, 1.54) is 12.0 Å². The fraction of sp³-hybridized carbons (Fsp3) is 0.571. The summed E-state index contributed by atoms with van der Waals surface area (Å²) in [6, 6.07) is 8.31. The average Bonchev–Trinajstić information content (AvgIpc) is 2.85. The third kappa shape index (κ3) is 2.74. The molecule has 2 aliphatic heterocycles. The lowest BCUT2D eigenvalue weighted by Crippen LogP contribution is -2.56. The number of rotatable bonds is 2. The van der Waals surface area contributed by atoms with E-state index in [-0.39, 0.29) is 11.8 Å². The zero-order valence-corrected chi connectivity index (χ0v) is 15.4. The molecule has 0 bridgehead atoms. The molecule has 1 N–H and O–H groups in total. The quantitative estimate of drug-likeness (QED) is 0.831. The normalized spacial score (nSPS) is 26.7. The van der Waals surface area contributed by atoms with Gasteiger partial charge >= 0.3 is 0 Å². The van der Waals surface area contributed by atoms with Crippen LogP contribution in [0.1, 0.15) is 49.7 Å². The van der Waals surface area contributed by atoms with Gasteiger partial charge < -0.3 is 9.80 Å². The number of hydrogen-bond acceptors (Lipinski definition) is 3. The predicted molar refractivity (Wildman–Crippen MR) is 104 cm³/mol. The molecule has 0 spiro atoms. The highest BCUT2D eigenvalue weighted by molar-refractivity contribution is 5.84. The van der Waals surface area contributed by atoms with Gasteiger partial charge in [-0.05, 0) is 31.5 Å². The number of hydrogen-bond donors (Lipinski definition) is 1.